The number of aliphatic hydroxyl groups excluding tert-OH is 1. The van der Waals surface area contributed by atoms with Gasteiger partial charge in [-0.15, -0.1) is 0 Å². The molecular weight excluding hydrogens is 230 g/mol. The lowest BCUT2D eigenvalue weighted by Crippen LogP contribution is -2.25. The maximum atomic E-state index is 9.42. The Hall–Kier alpha value is -1.10. The van der Waals surface area contributed by atoms with Gasteiger partial charge in [0.25, 0.3) is 0 Å². The SMILES string of the molecule is CC(O)c1ccc(NCC2COC(C)(C)O2)cc1. The zero-order chi connectivity index (χ0) is 13.2. The third-order valence-electron chi connectivity index (χ3n) is 2.99. The molecule has 1 heterocycles. The Morgan fingerprint density at radius 2 is 2.06 bits per heavy atom. The fourth-order valence-corrected chi connectivity index (χ4v) is 1.97. The number of benzene rings is 1. The summed E-state index contributed by atoms with van der Waals surface area (Å²) >= 11 is 0. The van der Waals surface area contributed by atoms with E-state index in [0.717, 1.165) is 17.8 Å². The molecule has 100 valence electrons. The van der Waals surface area contributed by atoms with Crippen LogP contribution in [0.4, 0.5) is 5.69 Å². The molecule has 0 bridgehead atoms. The van der Waals surface area contributed by atoms with Crippen molar-refractivity contribution in [3.8, 4) is 0 Å². The summed E-state index contributed by atoms with van der Waals surface area (Å²) in [6, 6.07) is 7.76. The average molecular weight is 251 g/mol. The Balaban J connectivity index is 1.84. The molecule has 1 fully saturated rings. The first-order valence-corrected chi connectivity index (χ1v) is 6.30. The highest BCUT2D eigenvalue weighted by Gasteiger charge is 2.32. The number of hydrogen-bond donors (Lipinski definition) is 2. The summed E-state index contributed by atoms with van der Waals surface area (Å²) < 4.78 is 11.2. The van der Waals surface area contributed by atoms with Crippen molar-refractivity contribution in [3.05, 3.63) is 29.8 Å². The summed E-state index contributed by atoms with van der Waals surface area (Å²) in [5.74, 6) is -0.470. The Labute approximate surface area is 108 Å². The number of rotatable bonds is 4. The third-order valence-corrected chi connectivity index (χ3v) is 2.99. The van der Waals surface area contributed by atoms with Crippen LogP contribution in [0.15, 0.2) is 24.3 Å². The second-order valence-corrected chi connectivity index (χ2v) is 5.13. The van der Waals surface area contributed by atoms with Crippen LogP contribution in [0.3, 0.4) is 0 Å². The van der Waals surface area contributed by atoms with Crippen molar-refractivity contribution < 1.29 is 14.6 Å². The van der Waals surface area contributed by atoms with Crippen molar-refractivity contribution in [2.45, 2.75) is 38.8 Å². The second-order valence-electron chi connectivity index (χ2n) is 5.13. The quantitative estimate of drug-likeness (QED) is 0.862. The lowest BCUT2D eigenvalue weighted by molar-refractivity contribution is -0.136. The zero-order valence-corrected chi connectivity index (χ0v) is 11.1. The van der Waals surface area contributed by atoms with Crippen molar-refractivity contribution >= 4 is 5.69 Å². The summed E-state index contributed by atoms with van der Waals surface area (Å²) in [7, 11) is 0. The Bertz CT molecular complexity index is 387. The number of nitrogens with one attached hydrogen (secondary N) is 1. The van der Waals surface area contributed by atoms with Crippen LogP contribution in [-0.2, 0) is 9.47 Å². The first-order chi connectivity index (χ1) is 8.46. The molecule has 0 aromatic heterocycles. The van der Waals surface area contributed by atoms with Crippen molar-refractivity contribution in [1.29, 1.82) is 0 Å². The van der Waals surface area contributed by atoms with E-state index in [2.05, 4.69) is 5.32 Å². The lowest BCUT2D eigenvalue weighted by atomic mass is 10.1. The molecule has 2 rings (SSSR count). The van der Waals surface area contributed by atoms with Gasteiger partial charge < -0.3 is 19.9 Å². The molecule has 4 nitrogen and oxygen atoms in total. The first-order valence-electron chi connectivity index (χ1n) is 6.30. The van der Waals surface area contributed by atoms with Gasteiger partial charge in [0, 0.05) is 12.2 Å². The van der Waals surface area contributed by atoms with Crippen LogP contribution in [0.25, 0.3) is 0 Å². The minimum absolute atomic E-state index is 0.0800. The van der Waals surface area contributed by atoms with E-state index in [1.54, 1.807) is 6.92 Å². The average Bonchev–Trinajstić information content (AvgIpc) is 2.67. The maximum Gasteiger partial charge on any atom is 0.163 e. The van der Waals surface area contributed by atoms with E-state index in [-0.39, 0.29) is 6.10 Å². The largest absolute Gasteiger partial charge is 0.389 e. The fourth-order valence-electron chi connectivity index (χ4n) is 1.97. The molecule has 2 atom stereocenters. The second kappa shape index (κ2) is 5.26. The summed E-state index contributed by atoms with van der Waals surface area (Å²) in [5, 5.41) is 12.7. The van der Waals surface area contributed by atoms with E-state index in [9.17, 15) is 5.11 Å². The predicted octanol–water partition coefficient (Wildman–Crippen LogP) is 2.30. The predicted molar refractivity (Wildman–Crippen MR) is 70.5 cm³/mol. The van der Waals surface area contributed by atoms with Crippen molar-refractivity contribution in [2.75, 3.05) is 18.5 Å². The molecule has 18 heavy (non-hydrogen) atoms. The Morgan fingerprint density at radius 3 is 2.56 bits per heavy atom. The zero-order valence-electron chi connectivity index (χ0n) is 11.1. The number of anilines is 1. The van der Waals surface area contributed by atoms with Crippen LogP contribution in [0.5, 0.6) is 0 Å². The van der Waals surface area contributed by atoms with Crippen LogP contribution in [0.1, 0.15) is 32.4 Å². The highest BCUT2D eigenvalue weighted by molar-refractivity contribution is 5.45. The molecule has 2 unspecified atom stereocenters. The molecule has 0 spiro atoms. The molecule has 0 amide bonds. The Morgan fingerprint density at radius 1 is 1.39 bits per heavy atom. The van der Waals surface area contributed by atoms with E-state index in [0.29, 0.717) is 6.61 Å². The van der Waals surface area contributed by atoms with Gasteiger partial charge in [-0.3, -0.25) is 0 Å². The molecule has 0 radical (unpaired) electrons. The molecule has 1 aromatic carbocycles. The van der Waals surface area contributed by atoms with Crippen LogP contribution in [-0.4, -0.2) is 30.1 Å². The molecule has 0 aliphatic carbocycles. The van der Waals surface area contributed by atoms with Crippen LogP contribution in [0, 0.1) is 0 Å². The molecule has 1 aromatic rings. The van der Waals surface area contributed by atoms with Gasteiger partial charge in [-0.25, -0.2) is 0 Å². The maximum absolute atomic E-state index is 9.42. The third kappa shape index (κ3) is 3.45. The summed E-state index contributed by atoms with van der Waals surface area (Å²) in [6.45, 7) is 6.94. The van der Waals surface area contributed by atoms with Gasteiger partial charge in [-0.1, -0.05) is 12.1 Å². The lowest BCUT2D eigenvalue weighted by Gasteiger charge is -2.17. The molecule has 0 saturated carbocycles. The highest BCUT2D eigenvalue weighted by Crippen LogP contribution is 2.22. The van der Waals surface area contributed by atoms with Crippen LogP contribution >= 0.6 is 0 Å². The monoisotopic (exact) mass is 251 g/mol. The molecule has 1 saturated heterocycles. The van der Waals surface area contributed by atoms with Gasteiger partial charge in [0.1, 0.15) is 6.10 Å². The van der Waals surface area contributed by atoms with Gasteiger partial charge in [-0.2, -0.15) is 0 Å². The van der Waals surface area contributed by atoms with Crippen LogP contribution in [0.2, 0.25) is 0 Å². The first kappa shape index (κ1) is 13.3. The van der Waals surface area contributed by atoms with Crippen molar-refractivity contribution in [1.82, 2.24) is 0 Å². The molecule has 4 heteroatoms. The topological polar surface area (TPSA) is 50.7 Å². The Kier molecular flexibility index (Phi) is 3.90. The minimum atomic E-state index is -0.470. The standard InChI is InChI=1S/C14H21NO3/c1-10(16)11-4-6-12(7-5-11)15-8-13-9-17-14(2,3)18-13/h4-7,10,13,15-16H,8-9H2,1-3H3. The minimum Gasteiger partial charge on any atom is -0.389 e. The smallest absolute Gasteiger partial charge is 0.163 e. The van der Waals surface area contributed by atoms with Gasteiger partial charge in [-0.05, 0) is 38.5 Å². The normalized spacial score (nSPS) is 23.9. The summed E-state index contributed by atoms with van der Waals surface area (Å²) in [6.07, 6.45) is -0.345. The van der Waals surface area contributed by atoms with E-state index in [4.69, 9.17) is 9.47 Å². The van der Waals surface area contributed by atoms with Gasteiger partial charge in [0.2, 0.25) is 0 Å². The summed E-state index contributed by atoms with van der Waals surface area (Å²) in [5.41, 5.74) is 1.94. The number of hydrogen-bond acceptors (Lipinski definition) is 4. The highest BCUT2D eigenvalue weighted by atomic mass is 16.7. The molecule has 1 aliphatic rings. The van der Waals surface area contributed by atoms with Crippen molar-refractivity contribution in [2.24, 2.45) is 0 Å². The molecular formula is C14H21NO3. The van der Waals surface area contributed by atoms with Gasteiger partial charge in [0.05, 0.1) is 12.7 Å². The number of aliphatic hydroxyl groups is 1. The molecule has 1 aliphatic heterocycles. The number of ether oxygens (including phenoxy) is 2. The summed E-state index contributed by atoms with van der Waals surface area (Å²) in [4.78, 5) is 0. The van der Waals surface area contributed by atoms with E-state index >= 15 is 0 Å². The van der Waals surface area contributed by atoms with Gasteiger partial charge in [0.15, 0.2) is 5.79 Å². The van der Waals surface area contributed by atoms with Gasteiger partial charge >= 0.3 is 0 Å². The van der Waals surface area contributed by atoms with Crippen molar-refractivity contribution in [3.63, 3.8) is 0 Å². The van der Waals surface area contributed by atoms with E-state index < -0.39 is 11.9 Å². The van der Waals surface area contributed by atoms with E-state index in [1.807, 2.05) is 38.1 Å². The molecule has 2 N–H and O–H groups in total. The van der Waals surface area contributed by atoms with E-state index in [1.165, 1.54) is 0 Å². The fraction of sp³-hybridized carbons (Fsp3) is 0.571. The van der Waals surface area contributed by atoms with Crippen LogP contribution < -0.4 is 5.32 Å².